The van der Waals surface area contributed by atoms with E-state index in [-0.39, 0.29) is 35.6 Å². The van der Waals surface area contributed by atoms with Crippen LogP contribution < -0.4 is 19.5 Å². The number of amides is 1. The molecule has 3 rings (SSSR count). The van der Waals surface area contributed by atoms with Gasteiger partial charge in [0.1, 0.15) is 11.6 Å². The number of methoxy groups -OCH3 is 1. The van der Waals surface area contributed by atoms with E-state index in [2.05, 4.69) is 26.1 Å². The fraction of sp³-hybridized carbons (Fsp3) is 0.464. The van der Waals surface area contributed by atoms with Crippen LogP contribution in [0.1, 0.15) is 78.9 Å². The van der Waals surface area contributed by atoms with Gasteiger partial charge >= 0.3 is 0 Å². The number of hydrogen-bond donors (Lipinski definition) is 2. The van der Waals surface area contributed by atoms with Crippen molar-refractivity contribution in [2.45, 2.75) is 59.6 Å². The number of hydrogen-bond acceptors (Lipinski definition) is 6. The molecule has 0 aliphatic carbocycles. The number of ketones is 1. The fourth-order valence-corrected chi connectivity index (χ4v) is 4.29. The molecule has 0 saturated heterocycles. The molecule has 0 radical (unpaired) electrons. The second-order valence-electron chi connectivity index (χ2n) is 10.1. The zero-order chi connectivity index (χ0) is 26.8. The van der Waals surface area contributed by atoms with Gasteiger partial charge in [0.05, 0.1) is 31.9 Å². The molecule has 36 heavy (non-hydrogen) atoms. The van der Waals surface area contributed by atoms with Crippen LogP contribution in [-0.4, -0.2) is 55.8 Å². The van der Waals surface area contributed by atoms with Crippen LogP contribution in [0.15, 0.2) is 24.3 Å². The molecule has 8 heteroatoms. The standard InChI is InChI=1S/C28H37N3O5/c1-9-35-23-12-18-14-31(26(29)19(18)13-20(23)27(33)30-7)15-22(32)17-10-21(28(4,5)6)25(34-8)24(11-17)36-16(2)3/h10-13,16,29H,9,14-15H2,1-8H3,(H,30,33). The third-order valence-electron chi connectivity index (χ3n) is 6.00. The molecule has 2 aromatic rings. The minimum atomic E-state index is -0.283. The number of benzene rings is 2. The Kier molecular flexibility index (Phi) is 7.96. The van der Waals surface area contributed by atoms with Crippen molar-refractivity contribution in [1.29, 1.82) is 5.41 Å². The zero-order valence-corrected chi connectivity index (χ0v) is 22.5. The van der Waals surface area contributed by atoms with E-state index in [0.717, 1.165) is 11.1 Å². The van der Waals surface area contributed by atoms with Crippen LogP contribution in [0.2, 0.25) is 0 Å². The van der Waals surface area contributed by atoms with Gasteiger partial charge in [0.2, 0.25) is 0 Å². The van der Waals surface area contributed by atoms with Gasteiger partial charge < -0.3 is 24.4 Å². The molecular weight excluding hydrogens is 458 g/mol. The van der Waals surface area contributed by atoms with Crippen molar-refractivity contribution in [2.24, 2.45) is 0 Å². The molecule has 1 amide bonds. The number of nitrogens with one attached hydrogen (secondary N) is 2. The Morgan fingerprint density at radius 1 is 1.14 bits per heavy atom. The van der Waals surface area contributed by atoms with E-state index in [1.807, 2.05) is 26.8 Å². The highest BCUT2D eigenvalue weighted by molar-refractivity contribution is 6.07. The average molecular weight is 496 g/mol. The molecule has 0 aromatic heterocycles. The molecule has 1 heterocycles. The van der Waals surface area contributed by atoms with Crippen LogP contribution >= 0.6 is 0 Å². The molecule has 8 nitrogen and oxygen atoms in total. The Labute approximate surface area is 213 Å². The molecule has 1 aliphatic heterocycles. The van der Waals surface area contributed by atoms with Gasteiger partial charge in [-0.2, -0.15) is 0 Å². The fourth-order valence-electron chi connectivity index (χ4n) is 4.29. The van der Waals surface area contributed by atoms with E-state index >= 15 is 0 Å². The topological polar surface area (TPSA) is 101 Å². The largest absolute Gasteiger partial charge is 0.493 e. The van der Waals surface area contributed by atoms with E-state index in [1.165, 1.54) is 0 Å². The van der Waals surface area contributed by atoms with Crippen LogP contribution in [0.25, 0.3) is 0 Å². The molecule has 0 spiro atoms. The highest BCUT2D eigenvalue weighted by Gasteiger charge is 2.31. The summed E-state index contributed by atoms with van der Waals surface area (Å²) in [5.41, 5.74) is 2.94. The van der Waals surface area contributed by atoms with E-state index < -0.39 is 0 Å². The Morgan fingerprint density at radius 2 is 1.83 bits per heavy atom. The Morgan fingerprint density at radius 3 is 2.39 bits per heavy atom. The number of fused-ring (bicyclic) bond motifs is 1. The number of ether oxygens (including phenoxy) is 3. The molecule has 1 aliphatic rings. The summed E-state index contributed by atoms with van der Waals surface area (Å²) in [5, 5.41) is 11.3. The second-order valence-corrected chi connectivity index (χ2v) is 10.1. The van der Waals surface area contributed by atoms with Gasteiger partial charge in [0, 0.05) is 30.3 Å². The average Bonchev–Trinajstić information content (AvgIpc) is 3.10. The van der Waals surface area contributed by atoms with Gasteiger partial charge in [-0.3, -0.25) is 15.0 Å². The van der Waals surface area contributed by atoms with Gasteiger partial charge in [-0.15, -0.1) is 0 Å². The predicted octanol–water partition coefficient (Wildman–Crippen LogP) is 4.56. The summed E-state index contributed by atoms with van der Waals surface area (Å²) in [6.07, 6.45) is -0.0904. The minimum absolute atomic E-state index is 0.0177. The van der Waals surface area contributed by atoms with Crippen LogP contribution in [0, 0.1) is 5.41 Å². The first-order chi connectivity index (χ1) is 16.9. The van der Waals surface area contributed by atoms with E-state index in [4.69, 9.17) is 19.6 Å². The van der Waals surface area contributed by atoms with Gasteiger partial charge in [-0.25, -0.2) is 0 Å². The summed E-state index contributed by atoms with van der Waals surface area (Å²) in [5.74, 6) is 1.41. The summed E-state index contributed by atoms with van der Waals surface area (Å²) >= 11 is 0. The van der Waals surface area contributed by atoms with Crippen molar-refractivity contribution >= 4 is 17.5 Å². The van der Waals surface area contributed by atoms with Crippen LogP contribution in [-0.2, 0) is 12.0 Å². The van der Waals surface area contributed by atoms with Crippen LogP contribution in [0.3, 0.4) is 0 Å². The zero-order valence-electron chi connectivity index (χ0n) is 22.5. The van der Waals surface area contributed by atoms with Crippen molar-refractivity contribution in [3.63, 3.8) is 0 Å². The molecular formula is C28H37N3O5. The van der Waals surface area contributed by atoms with Gasteiger partial charge in [0.15, 0.2) is 17.3 Å². The molecule has 2 N–H and O–H groups in total. The lowest BCUT2D eigenvalue weighted by Gasteiger charge is -2.26. The Balaban J connectivity index is 1.94. The number of amidine groups is 1. The molecule has 0 saturated carbocycles. The lowest BCUT2D eigenvalue weighted by molar-refractivity contribution is 0.0952. The molecule has 2 aromatic carbocycles. The maximum Gasteiger partial charge on any atom is 0.254 e. The van der Waals surface area contributed by atoms with Crippen LogP contribution in [0.4, 0.5) is 0 Å². The normalized spacial score (nSPS) is 13.0. The molecule has 0 fully saturated rings. The quantitative estimate of drug-likeness (QED) is 0.495. The smallest absolute Gasteiger partial charge is 0.254 e. The summed E-state index contributed by atoms with van der Waals surface area (Å²) < 4.78 is 17.4. The predicted molar refractivity (Wildman–Crippen MR) is 140 cm³/mol. The number of Topliss-reactive ketones (excluding diaryl/α,β-unsaturated/α-hetero) is 1. The van der Waals surface area contributed by atoms with Gasteiger partial charge in [-0.05, 0) is 56.0 Å². The SMILES string of the molecule is CCOc1cc2c(cc1C(=O)NC)C(=N)N(CC(=O)c1cc(OC(C)C)c(OC)c(C(C)(C)C)c1)C2. The maximum atomic E-state index is 13.5. The highest BCUT2D eigenvalue weighted by atomic mass is 16.5. The summed E-state index contributed by atoms with van der Waals surface area (Å²) in [4.78, 5) is 27.6. The van der Waals surface area contributed by atoms with Crippen molar-refractivity contribution in [3.05, 3.63) is 52.1 Å². The number of rotatable bonds is 9. The maximum absolute atomic E-state index is 13.5. The lowest BCUT2D eigenvalue weighted by Crippen LogP contribution is -2.30. The Bertz CT molecular complexity index is 1180. The number of carbonyl (C=O) groups is 2. The lowest BCUT2D eigenvalue weighted by atomic mass is 9.84. The second kappa shape index (κ2) is 10.6. The monoisotopic (exact) mass is 495 g/mol. The first-order valence-corrected chi connectivity index (χ1v) is 12.2. The number of carbonyl (C=O) groups excluding carboxylic acids is 2. The van der Waals surface area contributed by atoms with Crippen molar-refractivity contribution in [3.8, 4) is 17.2 Å². The molecule has 0 bridgehead atoms. The van der Waals surface area contributed by atoms with Crippen LogP contribution in [0.5, 0.6) is 17.2 Å². The summed E-state index contributed by atoms with van der Waals surface area (Å²) in [6, 6.07) is 7.05. The van der Waals surface area contributed by atoms with Crippen molar-refractivity contribution in [1.82, 2.24) is 10.2 Å². The first kappa shape index (κ1) is 27.0. The van der Waals surface area contributed by atoms with E-state index in [9.17, 15) is 9.59 Å². The minimum Gasteiger partial charge on any atom is -0.493 e. The van der Waals surface area contributed by atoms with E-state index in [0.29, 0.717) is 47.1 Å². The molecule has 0 atom stereocenters. The summed E-state index contributed by atoms with van der Waals surface area (Å²) in [7, 11) is 3.16. The van der Waals surface area contributed by atoms with Crippen molar-refractivity contribution in [2.75, 3.05) is 27.3 Å². The first-order valence-electron chi connectivity index (χ1n) is 12.2. The summed E-state index contributed by atoms with van der Waals surface area (Å²) in [6.45, 7) is 12.7. The van der Waals surface area contributed by atoms with E-state index in [1.54, 1.807) is 37.3 Å². The van der Waals surface area contributed by atoms with Gasteiger partial charge in [-0.1, -0.05) is 20.8 Å². The third kappa shape index (κ3) is 5.48. The third-order valence-corrected chi connectivity index (χ3v) is 6.00. The molecule has 0 unspecified atom stereocenters. The Hall–Kier alpha value is -3.55. The highest BCUT2D eigenvalue weighted by Crippen LogP contribution is 2.40. The van der Waals surface area contributed by atoms with Crippen molar-refractivity contribution < 1.29 is 23.8 Å². The number of nitrogens with zero attached hydrogens (tertiary/aromatic N) is 1. The van der Waals surface area contributed by atoms with Gasteiger partial charge in [0.25, 0.3) is 5.91 Å². The molecule has 194 valence electrons.